The Morgan fingerprint density at radius 3 is 2.74 bits per heavy atom. The van der Waals surface area contributed by atoms with Crippen LogP contribution >= 0.6 is 0 Å². The molecule has 0 bridgehead atoms. The molecule has 2 aliphatic carbocycles. The molecule has 3 unspecified atom stereocenters. The van der Waals surface area contributed by atoms with Gasteiger partial charge in [-0.1, -0.05) is 24.1 Å². The monoisotopic (exact) mass is 506 g/mol. The van der Waals surface area contributed by atoms with Crippen LogP contribution in [0.2, 0.25) is 0 Å². The summed E-state index contributed by atoms with van der Waals surface area (Å²) in [5.41, 5.74) is 10.5. The maximum absolute atomic E-state index is 14.5. The highest BCUT2D eigenvalue weighted by Crippen LogP contribution is 2.42. The number of hydrogen-bond acceptors (Lipinski definition) is 6. The SMILES string of the molecule is CCC1CC2=C(C=C1Cc1nc(C(=N)CC3CN3)c(N)n1CCNS(=O)(=O)C(C)(C)C)C(F)CC2. The van der Waals surface area contributed by atoms with Gasteiger partial charge in [-0.05, 0) is 57.9 Å². The average Bonchev–Trinajstić information content (AvgIpc) is 3.45. The Kier molecular flexibility index (Phi) is 7.28. The standard InChI is InChI=1S/C25H39FN6O2S/c1-5-15-10-16-6-7-20(26)19(16)11-17(15)12-22-31-23(21(27)13-18-14-29-18)24(28)32(22)9-8-30-35(33,34)25(2,3)4/h11,15,18,20,27,29-30H,5-10,12-14,28H2,1-4H3. The fraction of sp³-hybridized carbons (Fsp3) is 0.680. The Labute approximate surface area is 208 Å². The number of hydrogen-bond donors (Lipinski definition) is 4. The molecule has 1 aromatic heterocycles. The summed E-state index contributed by atoms with van der Waals surface area (Å²) in [6, 6.07) is 0.286. The average molecular weight is 507 g/mol. The van der Waals surface area contributed by atoms with E-state index in [1.807, 2.05) is 10.6 Å². The van der Waals surface area contributed by atoms with Crippen LogP contribution in [0.1, 0.15) is 71.3 Å². The largest absolute Gasteiger partial charge is 0.383 e. The summed E-state index contributed by atoms with van der Waals surface area (Å²) in [5, 5.41) is 11.8. The van der Waals surface area contributed by atoms with Crippen LogP contribution in [0.15, 0.2) is 22.8 Å². The second kappa shape index (κ2) is 9.78. The minimum absolute atomic E-state index is 0.169. The van der Waals surface area contributed by atoms with Crippen molar-refractivity contribution in [3.05, 3.63) is 34.3 Å². The molecule has 1 aromatic rings. The van der Waals surface area contributed by atoms with E-state index in [4.69, 9.17) is 16.1 Å². The first-order valence-electron chi connectivity index (χ1n) is 12.6. The molecule has 194 valence electrons. The number of alkyl halides is 1. The number of sulfonamides is 1. The predicted octanol–water partition coefficient (Wildman–Crippen LogP) is 3.24. The van der Waals surface area contributed by atoms with Crippen molar-refractivity contribution in [3.8, 4) is 0 Å². The highest BCUT2D eigenvalue weighted by atomic mass is 32.2. The molecule has 2 heterocycles. The van der Waals surface area contributed by atoms with Gasteiger partial charge in [-0.15, -0.1) is 0 Å². The van der Waals surface area contributed by atoms with E-state index in [-0.39, 0.29) is 12.6 Å². The normalized spacial score (nSPS) is 24.5. The van der Waals surface area contributed by atoms with Gasteiger partial charge < -0.3 is 21.0 Å². The molecule has 0 amide bonds. The van der Waals surface area contributed by atoms with E-state index in [2.05, 4.69) is 17.0 Å². The number of nitrogens with one attached hydrogen (secondary N) is 3. The Hall–Kier alpha value is -2.04. The topological polar surface area (TPSA) is 136 Å². The zero-order chi connectivity index (χ0) is 25.5. The van der Waals surface area contributed by atoms with Crippen LogP contribution in [0.5, 0.6) is 0 Å². The first kappa shape index (κ1) is 26.0. The number of nitrogen functional groups attached to an aromatic ring is 1. The van der Waals surface area contributed by atoms with E-state index < -0.39 is 20.9 Å². The maximum Gasteiger partial charge on any atom is 0.216 e. The molecule has 0 aromatic carbocycles. The highest BCUT2D eigenvalue weighted by Gasteiger charge is 2.32. The molecule has 8 nitrogen and oxygen atoms in total. The van der Waals surface area contributed by atoms with Crippen molar-refractivity contribution in [2.75, 3.05) is 18.8 Å². The molecule has 3 atom stereocenters. The summed E-state index contributed by atoms with van der Waals surface area (Å²) < 4.78 is 43.2. The first-order valence-corrected chi connectivity index (χ1v) is 14.1. The van der Waals surface area contributed by atoms with E-state index in [1.54, 1.807) is 20.8 Å². The van der Waals surface area contributed by atoms with Gasteiger partial charge in [0.05, 0.1) is 10.5 Å². The minimum atomic E-state index is -3.50. The van der Waals surface area contributed by atoms with E-state index in [9.17, 15) is 12.8 Å². The summed E-state index contributed by atoms with van der Waals surface area (Å²) in [6.45, 7) is 8.48. The molecule has 5 N–H and O–H groups in total. The zero-order valence-electron chi connectivity index (χ0n) is 21.2. The van der Waals surface area contributed by atoms with E-state index in [0.717, 1.165) is 37.0 Å². The third-order valence-corrected chi connectivity index (χ3v) is 9.60. The van der Waals surface area contributed by atoms with Gasteiger partial charge in [0.25, 0.3) is 0 Å². The van der Waals surface area contributed by atoms with Crippen molar-refractivity contribution in [1.82, 2.24) is 19.6 Å². The molecule has 3 aliphatic rings. The third kappa shape index (κ3) is 5.54. The molecule has 0 saturated carbocycles. The third-order valence-electron chi connectivity index (χ3n) is 7.41. The summed E-state index contributed by atoms with van der Waals surface area (Å²) in [5.74, 6) is 1.40. The smallest absolute Gasteiger partial charge is 0.216 e. The van der Waals surface area contributed by atoms with Gasteiger partial charge in [0.15, 0.2) is 0 Å². The lowest BCUT2D eigenvalue weighted by atomic mass is 9.81. The Balaban J connectivity index is 1.61. The molecule has 1 saturated heterocycles. The number of anilines is 1. The summed E-state index contributed by atoms with van der Waals surface area (Å²) in [7, 11) is -3.50. The molecule has 4 rings (SSSR count). The second-order valence-electron chi connectivity index (χ2n) is 11.0. The van der Waals surface area contributed by atoms with Gasteiger partial charge in [0.2, 0.25) is 10.0 Å². The molecular weight excluding hydrogens is 467 g/mol. The minimum Gasteiger partial charge on any atom is -0.383 e. The molecule has 1 aliphatic heterocycles. The Morgan fingerprint density at radius 2 is 2.11 bits per heavy atom. The number of nitrogens with two attached hydrogens (primary N) is 1. The van der Waals surface area contributed by atoms with Gasteiger partial charge >= 0.3 is 0 Å². The van der Waals surface area contributed by atoms with Crippen molar-refractivity contribution < 1.29 is 12.8 Å². The van der Waals surface area contributed by atoms with Crippen molar-refractivity contribution in [2.24, 2.45) is 5.92 Å². The van der Waals surface area contributed by atoms with E-state index in [1.165, 1.54) is 5.57 Å². The molecule has 1 fully saturated rings. The fourth-order valence-electron chi connectivity index (χ4n) is 4.96. The number of allylic oxidation sites excluding steroid dienone is 4. The van der Waals surface area contributed by atoms with E-state index in [0.29, 0.717) is 54.8 Å². The molecule has 10 heteroatoms. The number of aromatic nitrogens is 2. The molecular formula is C25H39FN6O2S. The lowest BCUT2D eigenvalue weighted by Crippen LogP contribution is -2.40. The van der Waals surface area contributed by atoms with Crippen LogP contribution in [0, 0.1) is 11.3 Å². The maximum atomic E-state index is 14.5. The first-order chi connectivity index (χ1) is 16.4. The lowest BCUT2D eigenvalue weighted by Gasteiger charge is -2.25. The molecule has 0 radical (unpaired) electrons. The Bertz CT molecular complexity index is 1160. The summed E-state index contributed by atoms with van der Waals surface area (Å²) >= 11 is 0. The van der Waals surface area contributed by atoms with Crippen LogP contribution in [0.4, 0.5) is 10.2 Å². The lowest BCUT2D eigenvalue weighted by molar-refractivity contribution is 0.384. The van der Waals surface area contributed by atoms with E-state index >= 15 is 0 Å². The fourth-order valence-corrected chi connectivity index (χ4v) is 5.76. The Morgan fingerprint density at radius 1 is 1.40 bits per heavy atom. The van der Waals surface area contributed by atoms with Crippen LogP contribution in [-0.4, -0.2) is 53.7 Å². The number of imidazole rings is 1. The number of rotatable bonds is 10. The number of halogens is 1. The summed E-state index contributed by atoms with van der Waals surface area (Å²) in [4.78, 5) is 4.78. The zero-order valence-corrected chi connectivity index (χ0v) is 22.1. The van der Waals surface area contributed by atoms with Crippen LogP contribution in [0.3, 0.4) is 0 Å². The van der Waals surface area contributed by atoms with Gasteiger partial charge in [-0.3, -0.25) is 0 Å². The van der Waals surface area contributed by atoms with Crippen LogP contribution < -0.4 is 15.8 Å². The second-order valence-corrected chi connectivity index (χ2v) is 13.5. The molecule has 35 heavy (non-hydrogen) atoms. The van der Waals surface area contributed by atoms with Gasteiger partial charge in [-0.2, -0.15) is 0 Å². The van der Waals surface area contributed by atoms with Crippen LogP contribution in [0.25, 0.3) is 0 Å². The van der Waals surface area contributed by atoms with Crippen molar-refractivity contribution in [1.29, 1.82) is 5.41 Å². The highest BCUT2D eigenvalue weighted by molar-refractivity contribution is 7.90. The van der Waals surface area contributed by atoms with Gasteiger partial charge in [0, 0.05) is 38.5 Å². The van der Waals surface area contributed by atoms with Crippen molar-refractivity contribution >= 4 is 21.6 Å². The summed E-state index contributed by atoms with van der Waals surface area (Å²) in [6.07, 6.45) is 5.43. The van der Waals surface area contributed by atoms with Gasteiger partial charge in [-0.25, -0.2) is 22.5 Å². The predicted molar refractivity (Wildman–Crippen MR) is 138 cm³/mol. The molecule has 0 spiro atoms. The van der Waals surface area contributed by atoms with Crippen molar-refractivity contribution in [2.45, 2.75) is 89.7 Å². The van der Waals surface area contributed by atoms with Crippen LogP contribution in [-0.2, 0) is 23.0 Å². The van der Waals surface area contributed by atoms with Gasteiger partial charge in [0.1, 0.15) is 23.5 Å². The van der Waals surface area contributed by atoms with Crippen molar-refractivity contribution in [3.63, 3.8) is 0 Å². The quantitative estimate of drug-likeness (QED) is 0.285. The number of nitrogens with zero attached hydrogens (tertiary/aromatic N) is 2.